The smallest absolute Gasteiger partial charge is 0.222 e. The van der Waals surface area contributed by atoms with Gasteiger partial charge in [-0.2, -0.15) is 0 Å². The lowest BCUT2D eigenvalue weighted by atomic mass is 10.2. The molecule has 6 nitrogen and oxygen atoms in total. The summed E-state index contributed by atoms with van der Waals surface area (Å²) in [5.41, 5.74) is 0. The number of amides is 1. The normalized spacial score (nSPS) is 14.6. The van der Waals surface area contributed by atoms with E-state index in [4.69, 9.17) is 27.9 Å². The third-order valence-electron chi connectivity index (χ3n) is 4.40. The monoisotopic (exact) mass is 396 g/mol. The highest BCUT2D eigenvalue weighted by Gasteiger charge is 2.22. The van der Waals surface area contributed by atoms with Crippen LogP contribution in [0.15, 0.2) is 30.6 Å². The number of rotatable bonds is 6. The molecule has 1 aliphatic rings. The number of nitrogens with zero attached hydrogens (tertiary/aromatic N) is 4. The number of imidazole rings is 1. The highest BCUT2D eigenvalue weighted by atomic mass is 35.5. The number of benzene rings is 1. The third-order valence-corrected chi connectivity index (χ3v) is 4.93. The summed E-state index contributed by atoms with van der Waals surface area (Å²) in [5.74, 6) is 1.70. The zero-order valence-corrected chi connectivity index (χ0v) is 16.2. The first kappa shape index (κ1) is 18.9. The van der Waals surface area contributed by atoms with Crippen molar-refractivity contribution in [3.63, 3.8) is 0 Å². The van der Waals surface area contributed by atoms with E-state index in [-0.39, 0.29) is 5.91 Å². The molecule has 1 aromatic carbocycles. The largest absolute Gasteiger partial charge is 0.492 e. The second-order valence-corrected chi connectivity index (χ2v) is 7.08. The van der Waals surface area contributed by atoms with Gasteiger partial charge in [-0.3, -0.25) is 4.79 Å². The van der Waals surface area contributed by atoms with Crippen LogP contribution in [0.2, 0.25) is 10.0 Å². The second kappa shape index (κ2) is 8.64. The molecule has 0 unspecified atom stereocenters. The Bertz CT molecular complexity index is 757. The topological polar surface area (TPSA) is 50.6 Å². The van der Waals surface area contributed by atoms with Gasteiger partial charge in [-0.15, -0.1) is 0 Å². The Kier molecular flexibility index (Phi) is 6.27. The number of hydrogen-bond acceptors (Lipinski definition) is 4. The zero-order valence-electron chi connectivity index (χ0n) is 14.7. The van der Waals surface area contributed by atoms with E-state index in [1.165, 1.54) is 0 Å². The number of ether oxygens (including phenoxy) is 1. The van der Waals surface area contributed by atoms with Gasteiger partial charge in [-0.1, -0.05) is 23.2 Å². The van der Waals surface area contributed by atoms with E-state index in [0.29, 0.717) is 35.2 Å². The van der Waals surface area contributed by atoms with Crippen molar-refractivity contribution in [3.05, 3.63) is 40.6 Å². The van der Waals surface area contributed by atoms with Crippen molar-refractivity contribution in [2.45, 2.75) is 12.8 Å². The molecule has 2 aromatic rings. The van der Waals surface area contributed by atoms with E-state index in [1.807, 2.05) is 22.7 Å². The van der Waals surface area contributed by atoms with E-state index in [0.717, 1.165) is 32.1 Å². The van der Waals surface area contributed by atoms with Gasteiger partial charge in [0.2, 0.25) is 11.9 Å². The van der Waals surface area contributed by atoms with Crippen LogP contribution < -0.4 is 9.64 Å². The van der Waals surface area contributed by atoms with Gasteiger partial charge >= 0.3 is 0 Å². The van der Waals surface area contributed by atoms with Gasteiger partial charge in [-0.05, 0) is 24.6 Å². The number of anilines is 1. The number of halogens is 2. The molecule has 3 rings (SSSR count). The molecule has 0 aliphatic carbocycles. The fourth-order valence-corrected chi connectivity index (χ4v) is 3.44. The molecule has 140 valence electrons. The molecule has 0 bridgehead atoms. The minimum atomic E-state index is 0.162. The average molecular weight is 397 g/mol. The molecule has 0 radical (unpaired) electrons. The van der Waals surface area contributed by atoms with E-state index >= 15 is 0 Å². The van der Waals surface area contributed by atoms with E-state index in [1.54, 1.807) is 24.4 Å². The number of carbonyl (C=O) groups excluding carboxylic acids is 1. The Morgan fingerprint density at radius 1 is 1.23 bits per heavy atom. The predicted octanol–water partition coefficient (Wildman–Crippen LogP) is 3.23. The van der Waals surface area contributed by atoms with E-state index < -0.39 is 0 Å². The van der Waals surface area contributed by atoms with Crippen LogP contribution in [0.25, 0.3) is 0 Å². The summed E-state index contributed by atoms with van der Waals surface area (Å²) in [7, 11) is 1.98. The van der Waals surface area contributed by atoms with Gasteiger partial charge in [0.25, 0.3) is 0 Å². The molecule has 2 heterocycles. The third kappa shape index (κ3) is 4.62. The Morgan fingerprint density at radius 2 is 2.00 bits per heavy atom. The summed E-state index contributed by atoms with van der Waals surface area (Å²) in [4.78, 5) is 20.8. The number of carbonyl (C=O) groups is 1. The highest BCUT2D eigenvalue weighted by Crippen LogP contribution is 2.27. The van der Waals surface area contributed by atoms with Crippen molar-refractivity contribution < 1.29 is 9.53 Å². The Hall–Kier alpha value is -1.92. The summed E-state index contributed by atoms with van der Waals surface area (Å²) in [6, 6.07) is 5.11. The van der Waals surface area contributed by atoms with Crippen molar-refractivity contribution in [2.75, 3.05) is 37.7 Å². The predicted molar refractivity (Wildman–Crippen MR) is 103 cm³/mol. The van der Waals surface area contributed by atoms with Gasteiger partial charge in [0.1, 0.15) is 5.75 Å². The summed E-state index contributed by atoms with van der Waals surface area (Å²) in [5, 5.41) is 1.05. The molecule has 1 saturated heterocycles. The van der Waals surface area contributed by atoms with Crippen LogP contribution in [0.3, 0.4) is 0 Å². The van der Waals surface area contributed by atoms with Crippen molar-refractivity contribution in [1.29, 1.82) is 0 Å². The lowest BCUT2D eigenvalue weighted by Crippen LogP contribution is -2.49. The second-order valence-electron chi connectivity index (χ2n) is 6.23. The molecule has 1 fully saturated rings. The molecule has 26 heavy (non-hydrogen) atoms. The summed E-state index contributed by atoms with van der Waals surface area (Å²) >= 11 is 11.9. The van der Waals surface area contributed by atoms with Crippen molar-refractivity contribution >= 4 is 35.1 Å². The molecule has 1 aliphatic heterocycles. The van der Waals surface area contributed by atoms with Crippen LogP contribution in [-0.4, -0.2) is 53.1 Å². The Morgan fingerprint density at radius 3 is 2.65 bits per heavy atom. The summed E-state index contributed by atoms with van der Waals surface area (Å²) in [6.07, 6.45) is 4.84. The lowest BCUT2D eigenvalue weighted by Gasteiger charge is -2.35. The van der Waals surface area contributed by atoms with Gasteiger partial charge in [0.05, 0.1) is 11.6 Å². The number of piperazine rings is 1. The Labute approximate surface area is 163 Å². The summed E-state index contributed by atoms with van der Waals surface area (Å²) < 4.78 is 7.62. The fourth-order valence-electron chi connectivity index (χ4n) is 2.97. The molecule has 1 amide bonds. The molecule has 0 atom stereocenters. The first-order chi connectivity index (χ1) is 12.5. The van der Waals surface area contributed by atoms with Crippen LogP contribution in [0.4, 0.5) is 5.95 Å². The van der Waals surface area contributed by atoms with E-state index in [2.05, 4.69) is 9.88 Å². The standard InChI is InChI=1S/C18H22Cl2N4O2/c1-22-7-6-21-18(22)24-10-8-23(9-11-24)17(25)3-2-12-26-16-5-4-14(19)13-15(16)20/h4-7,13H,2-3,8-12H2,1H3. The number of aromatic nitrogens is 2. The molecule has 1 aromatic heterocycles. The first-order valence-corrected chi connectivity index (χ1v) is 9.38. The molecular formula is C18H22Cl2N4O2. The fraction of sp³-hybridized carbons (Fsp3) is 0.444. The van der Waals surface area contributed by atoms with Crippen molar-refractivity contribution in [2.24, 2.45) is 7.05 Å². The van der Waals surface area contributed by atoms with Crippen molar-refractivity contribution in [1.82, 2.24) is 14.5 Å². The van der Waals surface area contributed by atoms with Crippen LogP contribution >= 0.6 is 23.2 Å². The van der Waals surface area contributed by atoms with Crippen LogP contribution in [-0.2, 0) is 11.8 Å². The SMILES string of the molecule is Cn1ccnc1N1CCN(C(=O)CCCOc2ccc(Cl)cc2Cl)CC1. The van der Waals surface area contributed by atoms with Gasteiger partial charge in [0.15, 0.2) is 0 Å². The zero-order chi connectivity index (χ0) is 18.5. The van der Waals surface area contributed by atoms with Crippen molar-refractivity contribution in [3.8, 4) is 5.75 Å². The molecular weight excluding hydrogens is 375 g/mol. The van der Waals surface area contributed by atoms with Crippen LogP contribution in [0.5, 0.6) is 5.75 Å². The lowest BCUT2D eigenvalue weighted by molar-refractivity contribution is -0.131. The van der Waals surface area contributed by atoms with Gasteiger partial charge in [0, 0.05) is 57.1 Å². The maximum absolute atomic E-state index is 12.4. The quantitative estimate of drug-likeness (QED) is 0.703. The van der Waals surface area contributed by atoms with Crippen LogP contribution in [0, 0.1) is 0 Å². The minimum absolute atomic E-state index is 0.162. The van der Waals surface area contributed by atoms with Gasteiger partial charge < -0.3 is 19.1 Å². The minimum Gasteiger partial charge on any atom is -0.492 e. The molecule has 8 heteroatoms. The van der Waals surface area contributed by atoms with E-state index in [9.17, 15) is 4.79 Å². The Balaban J connectivity index is 1.38. The number of aryl methyl sites for hydroxylation is 1. The highest BCUT2D eigenvalue weighted by molar-refractivity contribution is 6.35. The maximum Gasteiger partial charge on any atom is 0.222 e. The average Bonchev–Trinajstić information content (AvgIpc) is 3.06. The summed E-state index contributed by atoms with van der Waals surface area (Å²) in [6.45, 7) is 3.48. The van der Waals surface area contributed by atoms with Crippen LogP contribution in [0.1, 0.15) is 12.8 Å². The first-order valence-electron chi connectivity index (χ1n) is 8.62. The molecule has 0 N–H and O–H groups in total. The maximum atomic E-state index is 12.4. The number of hydrogen-bond donors (Lipinski definition) is 0. The van der Waals surface area contributed by atoms with Gasteiger partial charge in [-0.25, -0.2) is 4.98 Å². The molecule has 0 spiro atoms. The molecule has 0 saturated carbocycles.